The molecule has 0 aromatic carbocycles. The van der Waals surface area contributed by atoms with Crippen molar-refractivity contribution in [3.05, 3.63) is 45.1 Å². The molecule has 1 unspecified atom stereocenters. The number of anilines is 1. The van der Waals surface area contributed by atoms with E-state index in [1.165, 1.54) is 11.9 Å². The Kier molecular flexibility index (Phi) is 6.94. The monoisotopic (exact) mass is 520 g/mol. The summed E-state index contributed by atoms with van der Waals surface area (Å²) in [4.78, 5) is 34.9. The van der Waals surface area contributed by atoms with Gasteiger partial charge in [0.05, 0.1) is 23.4 Å². The molecule has 9 nitrogen and oxygen atoms in total. The van der Waals surface area contributed by atoms with Gasteiger partial charge in [0.25, 0.3) is 5.56 Å². The van der Waals surface area contributed by atoms with E-state index in [9.17, 15) is 35.9 Å². The van der Waals surface area contributed by atoms with Crippen molar-refractivity contribution >= 4 is 11.9 Å². The second kappa shape index (κ2) is 9.67. The Bertz CT molecular complexity index is 1160. The summed E-state index contributed by atoms with van der Waals surface area (Å²) >= 11 is 0. The fraction of sp³-hybridized carbons (Fsp3) is 0.571. The van der Waals surface area contributed by atoms with Gasteiger partial charge in [0, 0.05) is 32.5 Å². The molecule has 1 fully saturated rings. The Morgan fingerprint density at radius 3 is 2.33 bits per heavy atom. The van der Waals surface area contributed by atoms with Gasteiger partial charge in [0.15, 0.2) is 0 Å². The topological polar surface area (TPSA) is 104 Å². The van der Waals surface area contributed by atoms with Crippen molar-refractivity contribution < 1.29 is 35.9 Å². The van der Waals surface area contributed by atoms with E-state index < -0.39 is 41.0 Å². The number of piperidine rings is 1. The highest BCUT2D eigenvalue weighted by atomic mass is 19.4. The van der Waals surface area contributed by atoms with Crippen LogP contribution < -0.4 is 10.5 Å². The molecule has 1 aliphatic heterocycles. The van der Waals surface area contributed by atoms with E-state index >= 15 is 0 Å². The Hall–Kier alpha value is -3.23. The summed E-state index contributed by atoms with van der Waals surface area (Å²) in [6.07, 6.45) is -7.09. The standard InChI is InChI=1S/C21H22F6N6O3/c1-32(14-3-2-13-16(21(25,26)27)18(35)31-30-17(13)14)15(34)10-36-12-4-6-33(7-5-12)19-28-8-11(9-29-19)20(22,23)24/h8-9,12,14H,2-7,10H2,1H3,(H,31,35). The first-order valence-corrected chi connectivity index (χ1v) is 11.1. The number of ether oxygens (including phenoxy) is 1. The average Bonchev–Trinajstić information content (AvgIpc) is 3.24. The molecule has 1 aliphatic carbocycles. The van der Waals surface area contributed by atoms with Gasteiger partial charge in [-0.05, 0) is 31.2 Å². The molecule has 0 spiro atoms. The second-order valence-corrected chi connectivity index (χ2v) is 8.62. The summed E-state index contributed by atoms with van der Waals surface area (Å²) in [6.45, 7) is 0.514. The Balaban J connectivity index is 1.31. The van der Waals surface area contributed by atoms with Gasteiger partial charge in [-0.3, -0.25) is 9.59 Å². The largest absolute Gasteiger partial charge is 0.422 e. The predicted molar refractivity (Wildman–Crippen MR) is 112 cm³/mol. The van der Waals surface area contributed by atoms with Crippen LogP contribution in [-0.2, 0) is 28.3 Å². The molecule has 4 rings (SSSR count). The van der Waals surface area contributed by atoms with Crippen molar-refractivity contribution in [2.75, 3.05) is 31.6 Å². The molecular formula is C21H22F6N6O3. The number of aromatic nitrogens is 4. The molecular weight excluding hydrogens is 498 g/mol. The number of likely N-dealkylation sites (N-methyl/N-ethyl adjacent to an activating group) is 1. The lowest BCUT2D eigenvalue weighted by Crippen LogP contribution is -2.40. The van der Waals surface area contributed by atoms with E-state index in [-0.39, 0.29) is 42.8 Å². The van der Waals surface area contributed by atoms with Gasteiger partial charge in [0.1, 0.15) is 12.2 Å². The molecule has 1 amide bonds. The van der Waals surface area contributed by atoms with Gasteiger partial charge in [-0.2, -0.15) is 31.4 Å². The Morgan fingerprint density at radius 1 is 1.11 bits per heavy atom. The summed E-state index contributed by atoms with van der Waals surface area (Å²) in [5.41, 5.74) is -3.71. The van der Waals surface area contributed by atoms with Gasteiger partial charge in [-0.25, -0.2) is 15.1 Å². The van der Waals surface area contributed by atoms with Crippen LogP contribution in [-0.4, -0.2) is 63.8 Å². The molecule has 1 saturated heterocycles. The van der Waals surface area contributed by atoms with Crippen molar-refractivity contribution in [2.24, 2.45) is 0 Å². The third-order valence-electron chi connectivity index (χ3n) is 6.38. The summed E-state index contributed by atoms with van der Waals surface area (Å²) in [5.74, 6) is -0.288. The molecule has 0 radical (unpaired) electrons. The first kappa shape index (κ1) is 25.9. The zero-order valence-electron chi connectivity index (χ0n) is 19.0. The van der Waals surface area contributed by atoms with Crippen LogP contribution in [0.3, 0.4) is 0 Å². The number of fused-ring (bicyclic) bond motifs is 1. The van der Waals surface area contributed by atoms with Crippen molar-refractivity contribution in [1.29, 1.82) is 0 Å². The number of nitrogens with zero attached hydrogens (tertiary/aromatic N) is 5. The Labute approximate surface area is 200 Å². The summed E-state index contributed by atoms with van der Waals surface area (Å²) in [6, 6.07) is -0.729. The van der Waals surface area contributed by atoms with Gasteiger partial charge in [0.2, 0.25) is 11.9 Å². The van der Waals surface area contributed by atoms with E-state index in [1.807, 2.05) is 5.10 Å². The minimum atomic E-state index is -4.83. The molecule has 1 atom stereocenters. The number of alkyl halides is 6. The number of hydrogen-bond donors (Lipinski definition) is 1. The SMILES string of the molecule is CN(C(=O)COC1CCN(c2ncc(C(F)(F)F)cn2)CC1)C1CCc2c1n[nH]c(=O)c2C(F)(F)F. The van der Waals surface area contributed by atoms with Crippen molar-refractivity contribution in [3.8, 4) is 0 Å². The highest BCUT2D eigenvalue weighted by Crippen LogP contribution is 2.39. The summed E-state index contributed by atoms with van der Waals surface area (Å²) in [5, 5.41) is 5.65. The molecule has 0 saturated carbocycles. The number of rotatable bonds is 5. The number of amides is 1. The quantitative estimate of drug-likeness (QED) is 0.605. The Morgan fingerprint density at radius 2 is 1.75 bits per heavy atom. The van der Waals surface area contributed by atoms with Crippen molar-refractivity contribution in [2.45, 2.75) is 50.2 Å². The zero-order chi connectivity index (χ0) is 26.3. The minimum absolute atomic E-state index is 0.0163. The van der Waals surface area contributed by atoms with Crippen LogP contribution in [0.2, 0.25) is 0 Å². The normalized spacial score (nSPS) is 18.9. The van der Waals surface area contributed by atoms with Crippen LogP contribution in [0.4, 0.5) is 32.3 Å². The predicted octanol–water partition coefficient (Wildman–Crippen LogP) is 2.73. The van der Waals surface area contributed by atoms with Gasteiger partial charge < -0.3 is 14.5 Å². The maximum Gasteiger partial charge on any atom is 0.422 e. The summed E-state index contributed by atoms with van der Waals surface area (Å²) < 4.78 is 83.6. The minimum Gasteiger partial charge on any atom is -0.368 e. The van der Waals surface area contributed by atoms with E-state index in [0.29, 0.717) is 25.9 Å². The van der Waals surface area contributed by atoms with Crippen LogP contribution in [0.1, 0.15) is 47.7 Å². The highest BCUT2D eigenvalue weighted by Gasteiger charge is 2.42. The van der Waals surface area contributed by atoms with Crippen molar-refractivity contribution in [1.82, 2.24) is 25.1 Å². The fourth-order valence-electron chi connectivity index (χ4n) is 4.44. The number of halogens is 6. The van der Waals surface area contributed by atoms with E-state index in [1.54, 1.807) is 4.90 Å². The first-order chi connectivity index (χ1) is 16.9. The molecule has 2 aliphatic rings. The maximum atomic E-state index is 13.3. The maximum absolute atomic E-state index is 13.3. The van der Waals surface area contributed by atoms with Gasteiger partial charge in [-0.1, -0.05) is 0 Å². The van der Waals surface area contributed by atoms with Crippen LogP contribution in [0.5, 0.6) is 0 Å². The molecule has 196 valence electrons. The summed E-state index contributed by atoms with van der Waals surface area (Å²) in [7, 11) is 1.44. The van der Waals surface area contributed by atoms with E-state index in [0.717, 1.165) is 12.4 Å². The van der Waals surface area contributed by atoms with E-state index in [2.05, 4.69) is 15.1 Å². The van der Waals surface area contributed by atoms with Crippen LogP contribution >= 0.6 is 0 Å². The molecule has 2 aromatic heterocycles. The third-order valence-corrected chi connectivity index (χ3v) is 6.38. The second-order valence-electron chi connectivity index (χ2n) is 8.62. The van der Waals surface area contributed by atoms with Crippen LogP contribution in [0.15, 0.2) is 17.2 Å². The highest BCUT2D eigenvalue weighted by molar-refractivity contribution is 5.77. The number of hydrogen-bond acceptors (Lipinski definition) is 7. The van der Waals surface area contributed by atoms with Crippen LogP contribution in [0.25, 0.3) is 0 Å². The van der Waals surface area contributed by atoms with Crippen LogP contribution in [0, 0.1) is 0 Å². The number of nitrogens with one attached hydrogen (secondary N) is 1. The lowest BCUT2D eigenvalue weighted by Gasteiger charge is -2.32. The van der Waals surface area contributed by atoms with E-state index in [4.69, 9.17) is 4.74 Å². The number of aromatic amines is 1. The smallest absolute Gasteiger partial charge is 0.368 e. The molecule has 3 heterocycles. The van der Waals surface area contributed by atoms with Gasteiger partial charge >= 0.3 is 12.4 Å². The van der Waals surface area contributed by atoms with Gasteiger partial charge in [-0.15, -0.1) is 0 Å². The van der Waals surface area contributed by atoms with Crippen molar-refractivity contribution in [3.63, 3.8) is 0 Å². The molecule has 36 heavy (non-hydrogen) atoms. The molecule has 15 heteroatoms. The number of H-pyrrole nitrogens is 1. The molecule has 0 bridgehead atoms. The number of carbonyl (C=O) groups excluding carboxylic acids is 1. The zero-order valence-corrected chi connectivity index (χ0v) is 19.0. The average molecular weight is 520 g/mol. The number of carbonyl (C=O) groups is 1. The fourth-order valence-corrected chi connectivity index (χ4v) is 4.44. The molecule has 2 aromatic rings. The lowest BCUT2D eigenvalue weighted by molar-refractivity contribution is -0.140. The molecule has 1 N–H and O–H groups in total. The third kappa shape index (κ3) is 5.29. The lowest BCUT2D eigenvalue weighted by atomic mass is 10.1. The first-order valence-electron chi connectivity index (χ1n) is 11.1.